The van der Waals surface area contributed by atoms with E-state index in [2.05, 4.69) is 4.98 Å². The molecule has 1 aromatic heterocycles. The van der Waals surface area contributed by atoms with Gasteiger partial charge in [0.2, 0.25) is 5.88 Å². The topological polar surface area (TPSA) is 65.3 Å². The number of ether oxygens (including phenoxy) is 1. The average molecular weight is 244 g/mol. The second kappa shape index (κ2) is 5.27. The number of hydrogen-bond acceptors (Lipinski definition) is 4. The maximum absolute atomic E-state index is 10.7. The number of hydrogen-bond donors (Lipinski definition) is 0. The molecule has 0 spiro atoms. The molecule has 5 nitrogen and oxygen atoms in total. The molecular formula is C13H12N2O3. The van der Waals surface area contributed by atoms with E-state index in [1.54, 1.807) is 24.4 Å². The van der Waals surface area contributed by atoms with Gasteiger partial charge in [-0.15, -0.1) is 0 Å². The Labute approximate surface area is 104 Å². The lowest BCUT2D eigenvalue weighted by Crippen LogP contribution is -1.94. The summed E-state index contributed by atoms with van der Waals surface area (Å²) in [5.74, 6) is 0.515. The summed E-state index contributed by atoms with van der Waals surface area (Å²) in [6, 6.07) is 10.0. The van der Waals surface area contributed by atoms with Crippen molar-refractivity contribution in [1.29, 1.82) is 0 Å². The highest BCUT2D eigenvalue weighted by atomic mass is 16.6. The minimum atomic E-state index is -0.409. The molecule has 5 heteroatoms. The van der Waals surface area contributed by atoms with E-state index >= 15 is 0 Å². The summed E-state index contributed by atoms with van der Waals surface area (Å²) >= 11 is 0. The van der Waals surface area contributed by atoms with Crippen LogP contribution in [0.1, 0.15) is 6.92 Å². The van der Waals surface area contributed by atoms with Crippen molar-refractivity contribution in [3.8, 4) is 17.0 Å². The first-order chi connectivity index (χ1) is 8.70. The molecule has 0 aliphatic rings. The van der Waals surface area contributed by atoms with Gasteiger partial charge >= 0.3 is 0 Å². The Balaban J connectivity index is 2.38. The molecule has 2 aromatic rings. The predicted molar refractivity (Wildman–Crippen MR) is 67.5 cm³/mol. The molecule has 0 aliphatic carbocycles. The largest absolute Gasteiger partial charge is 0.478 e. The molecule has 0 saturated heterocycles. The van der Waals surface area contributed by atoms with Gasteiger partial charge in [-0.2, -0.15) is 0 Å². The van der Waals surface area contributed by atoms with Gasteiger partial charge in [-0.05, 0) is 24.1 Å². The zero-order valence-corrected chi connectivity index (χ0v) is 9.87. The van der Waals surface area contributed by atoms with Crippen molar-refractivity contribution >= 4 is 5.69 Å². The molecule has 1 aromatic carbocycles. The lowest BCUT2D eigenvalue weighted by molar-refractivity contribution is -0.384. The molecule has 2 rings (SSSR count). The van der Waals surface area contributed by atoms with Crippen molar-refractivity contribution in [2.45, 2.75) is 6.92 Å². The fourth-order valence-electron chi connectivity index (χ4n) is 1.61. The molecule has 0 fully saturated rings. The lowest BCUT2D eigenvalue weighted by Gasteiger charge is -2.05. The van der Waals surface area contributed by atoms with Crippen LogP contribution in [0.25, 0.3) is 11.1 Å². The molecular weight excluding hydrogens is 232 g/mol. The van der Waals surface area contributed by atoms with Gasteiger partial charge in [-0.3, -0.25) is 10.1 Å². The van der Waals surface area contributed by atoms with Gasteiger partial charge < -0.3 is 4.74 Å². The smallest absolute Gasteiger partial charge is 0.270 e. The second-order valence-electron chi connectivity index (χ2n) is 3.62. The number of aromatic nitrogens is 1. The summed E-state index contributed by atoms with van der Waals surface area (Å²) in [5, 5.41) is 10.7. The highest BCUT2D eigenvalue weighted by Crippen LogP contribution is 2.25. The van der Waals surface area contributed by atoms with Crippen LogP contribution in [0.2, 0.25) is 0 Å². The summed E-state index contributed by atoms with van der Waals surface area (Å²) in [4.78, 5) is 14.4. The van der Waals surface area contributed by atoms with Crippen LogP contribution in [0.3, 0.4) is 0 Å². The van der Waals surface area contributed by atoms with Crippen molar-refractivity contribution in [1.82, 2.24) is 4.98 Å². The Morgan fingerprint density at radius 2 is 2.06 bits per heavy atom. The van der Waals surface area contributed by atoms with E-state index in [1.807, 2.05) is 13.0 Å². The number of non-ortho nitro benzene ring substituents is 1. The summed E-state index contributed by atoms with van der Waals surface area (Å²) < 4.78 is 5.30. The zero-order valence-electron chi connectivity index (χ0n) is 9.87. The van der Waals surface area contributed by atoms with E-state index in [-0.39, 0.29) is 5.69 Å². The van der Waals surface area contributed by atoms with Crippen LogP contribution < -0.4 is 4.74 Å². The SMILES string of the molecule is CCOc1cc(-c2cccc([N+](=O)[O-])c2)ccn1. The Morgan fingerprint density at radius 1 is 1.28 bits per heavy atom. The highest BCUT2D eigenvalue weighted by Gasteiger charge is 2.07. The monoisotopic (exact) mass is 244 g/mol. The first kappa shape index (κ1) is 12.0. The van der Waals surface area contributed by atoms with Gasteiger partial charge in [-0.25, -0.2) is 4.98 Å². The van der Waals surface area contributed by atoms with Crippen LogP contribution in [0.5, 0.6) is 5.88 Å². The van der Waals surface area contributed by atoms with Crippen molar-refractivity contribution in [3.05, 3.63) is 52.7 Å². The maximum Gasteiger partial charge on any atom is 0.270 e. The number of nitrogens with zero attached hydrogens (tertiary/aromatic N) is 2. The first-order valence-corrected chi connectivity index (χ1v) is 5.54. The number of nitro benzene ring substituents is 1. The minimum absolute atomic E-state index is 0.0715. The quantitative estimate of drug-likeness (QED) is 0.612. The standard InChI is InChI=1S/C13H12N2O3/c1-2-18-13-9-11(6-7-14-13)10-4-3-5-12(8-10)15(16)17/h3-9H,2H2,1H3. The highest BCUT2D eigenvalue weighted by molar-refractivity contribution is 5.66. The Hall–Kier alpha value is -2.43. The zero-order chi connectivity index (χ0) is 13.0. The predicted octanol–water partition coefficient (Wildman–Crippen LogP) is 3.06. The van der Waals surface area contributed by atoms with E-state index in [1.165, 1.54) is 12.1 Å². The normalized spacial score (nSPS) is 10.1. The van der Waals surface area contributed by atoms with Gasteiger partial charge in [0.1, 0.15) is 0 Å². The maximum atomic E-state index is 10.7. The first-order valence-electron chi connectivity index (χ1n) is 5.54. The van der Waals surface area contributed by atoms with Crippen LogP contribution >= 0.6 is 0 Å². The molecule has 0 amide bonds. The molecule has 0 bridgehead atoms. The van der Waals surface area contributed by atoms with E-state index < -0.39 is 4.92 Å². The molecule has 18 heavy (non-hydrogen) atoms. The minimum Gasteiger partial charge on any atom is -0.478 e. The van der Waals surface area contributed by atoms with E-state index in [0.717, 1.165) is 11.1 Å². The Kier molecular flexibility index (Phi) is 3.52. The third-order valence-electron chi connectivity index (χ3n) is 2.42. The van der Waals surface area contributed by atoms with Crippen molar-refractivity contribution in [3.63, 3.8) is 0 Å². The van der Waals surface area contributed by atoms with Gasteiger partial charge in [0.25, 0.3) is 5.69 Å². The molecule has 1 heterocycles. The summed E-state index contributed by atoms with van der Waals surface area (Å²) in [5.41, 5.74) is 1.69. The van der Waals surface area contributed by atoms with E-state index in [4.69, 9.17) is 4.74 Å². The van der Waals surface area contributed by atoms with Crippen LogP contribution in [0.4, 0.5) is 5.69 Å². The molecule has 0 radical (unpaired) electrons. The van der Waals surface area contributed by atoms with Crippen LogP contribution in [-0.2, 0) is 0 Å². The van der Waals surface area contributed by atoms with Gasteiger partial charge in [0.05, 0.1) is 11.5 Å². The molecule has 0 N–H and O–H groups in total. The lowest BCUT2D eigenvalue weighted by atomic mass is 10.1. The summed E-state index contributed by atoms with van der Waals surface area (Å²) in [6.45, 7) is 2.41. The van der Waals surface area contributed by atoms with Gasteiger partial charge in [-0.1, -0.05) is 12.1 Å². The molecule has 0 aliphatic heterocycles. The van der Waals surface area contributed by atoms with Crippen molar-refractivity contribution in [2.24, 2.45) is 0 Å². The van der Waals surface area contributed by atoms with Gasteiger partial charge in [0, 0.05) is 24.4 Å². The summed E-state index contributed by atoms with van der Waals surface area (Å²) in [6.07, 6.45) is 1.62. The average Bonchev–Trinajstić information content (AvgIpc) is 2.39. The third kappa shape index (κ3) is 2.63. The fraction of sp³-hybridized carbons (Fsp3) is 0.154. The van der Waals surface area contributed by atoms with Gasteiger partial charge in [0.15, 0.2) is 0 Å². The van der Waals surface area contributed by atoms with Crippen LogP contribution in [0, 0.1) is 10.1 Å². The molecule has 0 saturated carbocycles. The number of rotatable bonds is 4. The van der Waals surface area contributed by atoms with Crippen molar-refractivity contribution in [2.75, 3.05) is 6.61 Å². The second-order valence-corrected chi connectivity index (χ2v) is 3.62. The molecule has 92 valence electrons. The number of pyridine rings is 1. The molecule has 0 unspecified atom stereocenters. The number of nitro groups is 1. The van der Waals surface area contributed by atoms with Crippen LogP contribution in [-0.4, -0.2) is 16.5 Å². The van der Waals surface area contributed by atoms with E-state index in [0.29, 0.717) is 12.5 Å². The van der Waals surface area contributed by atoms with Crippen LogP contribution in [0.15, 0.2) is 42.6 Å². The Morgan fingerprint density at radius 3 is 2.78 bits per heavy atom. The number of benzene rings is 1. The fourth-order valence-corrected chi connectivity index (χ4v) is 1.61. The summed E-state index contributed by atoms with van der Waals surface area (Å²) in [7, 11) is 0. The molecule has 0 atom stereocenters. The third-order valence-corrected chi connectivity index (χ3v) is 2.42. The van der Waals surface area contributed by atoms with E-state index in [9.17, 15) is 10.1 Å². The van der Waals surface area contributed by atoms with Crippen molar-refractivity contribution < 1.29 is 9.66 Å². The Bertz CT molecular complexity index is 570.